The van der Waals surface area contributed by atoms with Crippen molar-refractivity contribution in [2.24, 2.45) is 5.92 Å². The van der Waals surface area contributed by atoms with E-state index in [9.17, 15) is 9.59 Å². The molecule has 0 saturated carbocycles. The molecule has 2 atom stereocenters. The zero-order valence-corrected chi connectivity index (χ0v) is 7.63. The standard InChI is InChI=1S/C8H14N2O2/c1-5-4-6(11)10(3)7(5)8(12)9-2/h5,7H,4H2,1-3H3,(H,9,12)/t5-,7+/m0/s1. The number of hydrogen-bond acceptors (Lipinski definition) is 2. The number of amides is 2. The maximum Gasteiger partial charge on any atom is 0.242 e. The van der Waals surface area contributed by atoms with Crippen LogP contribution in [0.25, 0.3) is 0 Å². The van der Waals surface area contributed by atoms with E-state index in [0.717, 1.165) is 0 Å². The summed E-state index contributed by atoms with van der Waals surface area (Å²) in [5, 5.41) is 2.56. The highest BCUT2D eigenvalue weighted by atomic mass is 16.2. The van der Waals surface area contributed by atoms with Gasteiger partial charge >= 0.3 is 0 Å². The van der Waals surface area contributed by atoms with Crippen molar-refractivity contribution in [3.05, 3.63) is 0 Å². The number of nitrogens with one attached hydrogen (secondary N) is 1. The Kier molecular flexibility index (Phi) is 2.35. The van der Waals surface area contributed by atoms with Gasteiger partial charge in [0.15, 0.2) is 0 Å². The Labute approximate surface area is 71.9 Å². The van der Waals surface area contributed by atoms with Gasteiger partial charge in [0.05, 0.1) is 0 Å². The first kappa shape index (κ1) is 9.03. The van der Waals surface area contributed by atoms with E-state index < -0.39 is 0 Å². The third kappa shape index (κ3) is 1.29. The van der Waals surface area contributed by atoms with Crippen molar-refractivity contribution in [3.63, 3.8) is 0 Å². The summed E-state index contributed by atoms with van der Waals surface area (Å²) in [7, 11) is 3.26. The van der Waals surface area contributed by atoms with Gasteiger partial charge < -0.3 is 10.2 Å². The molecule has 0 aromatic carbocycles. The van der Waals surface area contributed by atoms with Gasteiger partial charge in [-0.2, -0.15) is 0 Å². The van der Waals surface area contributed by atoms with Crippen molar-refractivity contribution in [1.29, 1.82) is 0 Å². The van der Waals surface area contributed by atoms with Crippen LogP contribution in [0, 0.1) is 5.92 Å². The van der Waals surface area contributed by atoms with Gasteiger partial charge in [0, 0.05) is 20.5 Å². The predicted octanol–water partition coefficient (Wildman–Crippen LogP) is -0.401. The lowest BCUT2D eigenvalue weighted by Crippen LogP contribution is -2.43. The molecule has 2 amide bonds. The van der Waals surface area contributed by atoms with Crippen LogP contribution < -0.4 is 5.32 Å². The van der Waals surface area contributed by atoms with Gasteiger partial charge in [-0.25, -0.2) is 0 Å². The molecule has 68 valence electrons. The van der Waals surface area contributed by atoms with Gasteiger partial charge in [0.2, 0.25) is 11.8 Å². The summed E-state index contributed by atoms with van der Waals surface area (Å²) in [6.07, 6.45) is 0.481. The average Bonchev–Trinajstić information content (AvgIpc) is 2.26. The van der Waals surface area contributed by atoms with Gasteiger partial charge in [-0.3, -0.25) is 9.59 Å². The number of likely N-dealkylation sites (tertiary alicyclic amines) is 1. The molecule has 1 fully saturated rings. The van der Waals surface area contributed by atoms with Gasteiger partial charge in [0.25, 0.3) is 0 Å². The van der Waals surface area contributed by atoms with Crippen molar-refractivity contribution >= 4 is 11.8 Å². The largest absolute Gasteiger partial charge is 0.357 e. The maximum atomic E-state index is 11.3. The van der Waals surface area contributed by atoms with E-state index in [2.05, 4.69) is 5.32 Å². The quantitative estimate of drug-likeness (QED) is 0.582. The monoisotopic (exact) mass is 170 g/mol. The molecule has 0 spiro atoms. The molecule has 0 aromatic rings. The van der Waals surface area contributed by atoms with Crippen LogP contribution in [0.15, 0.2) is 0 Å². The summed E-state index contributed by atoms with van der Waals surface area (Å²) in [6, 6.07) is -0.275. The van der Waals surface area contributed by atoms with Crippen LogP contribution in [0.3, 0.4) is 0 Å². The van der Waals surface area contributed by atoms with Gasteiger partial charge in [-0.05, 0) is 5.92 Å². The first-order valence-electron chi connectivity index (χ1n) is 4.05. The fourth-order valence-corrected chi connectivity index (χ4v) is 1.65. The highest BCUT2D eigenvalue weighted by molar-refractivity contribution is 5.91. The second-order valence-corrected chi connectivity index (χ2v) is 3.25. The van der Waals surface area contributed by atoms with Crippen molar-refractivity contribution in [1.82, 2.24) is 10.2 Å². The van der Waals surface area contributed by atoms with Gasteiger partial charge in [-0.1, -0.05) is 6.92 Å². The zero-order valence-electron chi connectivity index (χ0n) is 7.63. The SMILES string of the molecule is CNC(=O)[C@H]1[C@@H](C)CC(=O)N1C. The first-order valence-corrected chi connectivity index (χ1v) is 4.05. The van der Waals surface area contributed by atoms with Crippen molar-refractivity contribution in [2.45, 2.75) is 19.4 Å². The Morgan fingerprint density at radius 2 is 2.25 bits per heavy atom. The van der Waals surface area contributed by atoms with Crippen LogP contribution in [-0.4, -0.2) is 36.9 Å². The van der Waals surface area contributed by atoms with Crippen LogP contribution in [0.1, 0.15) is 13.3 Å². The normalized spacial score (nSPS) is 29.2. The fourth-order valence-electron chi connectivity index (χ4n) is 1.65. The van der Waals surface area contributed by atoms with Crippen LogP contribution in [0.4, 0.5) is 0 Å². The van der Waals surface area contributed by atoms with E-state index in [1.165, 1.54) is 4.90 Å². The van der Waals surface area contributed by atoms with Gasteiger partial charge in [0.1, 0.15) is 6.04 Å². The lowest BCUT2D eigenvalue weighted by Gasteiger charge is -2.20. The molecule has 0 radical (unpaired) electrons. The summed E-state index contributed by atoms with van der Waals surface area (Å²) >= 11 is 0. The average molecular weight is 170 g/mol. The van der Waals surface area contributed by atoms with Crippen molar-refractivity contribution < 1.29 is 9.59 Å². The molecule has 0 aliphatic carbocycles. The molecule has 1 N–H and O–H groups in total. The topological polar surface area (TPSA) is 49.4 Å². The number of nitrogens with zero attached hydrogens (tertiary/aromatic N) is 1. The van der Waals surface area contributed by atoms with Crippen LogP contribution in [0.2, 0.25) is 0 Å². The summed E-state index contributed by atoms with van der Waals surface area (Å²) in [5.41, 5.74) is 0. The molecular weight excluding hydrogens is 156 g/mol. The summed E-state index contributed by atoms with van der Waals surface area (Å²) in [4.78, 5) is 24.0. The Morgan fingerprint density at radius 3 is 2.58 bits per heavy atom. The number of hydrogen-bond donors (Lipinski definition) is 1. The van der Waals surface area contributed by atoms with Crippen LogP contribution in [0.5, 0.6) is 0 Å². The molecule has 4 nitrogen and oxygen atoms in total. The number of carbonyl (C=O) groups is 2. The predicted molar refractivity (Wildman–Crippen MR) is 44.4 cm³/mol. The van der Waals surface area contributed by atoms with E-state index in [1.54, 1.807) is 14.1 Å². The molecule has 0 unspecified atom stereocenters. The van der Waals surface area contributed by atoms with E-state index >= 15 is 0 Å². The molecule has 1 rings (SSSR count). The molecule has 0 aromatic heterocycles. The maximum absolute atomic E-state index is 11.3. The Morgan fingerprint density at radius 1 is 1.67 bits per heavy atom. The van der Waals surface area contributed by atoms with Crippen LogP contribution >= 0.6 is 0 Å². The minimum atomic E-state index is -0.275. The van der Waals surface area contributed by atoms with E-state index in [1.807, 2.05) is 6.92 Å². The molecule has 1 saturated heterocycles. The Balaban J connectivity index is 2.76. The number of rotatable bonds is 1. The number of carbonyl (C=O) groups excluding carboxylic acids is 2. The van der Waals surface area contributed by atoms with Gasteiger partial charge in [-0.15, -0.1) is 0 Å². The zero-order chi connectivity index (χ0) is 9.30. The second-order valence-electron chi connectivity index (χ2n) is 3.25. The fraction of sp³-hybridized carbons (Fsp3) is 0.750. The second kappa shape index (κ2) is 3.13. The first-order chi connectivity index (χ1) is 5.57. The minimum Gasteiger partial charge on any atom is -0.357 e. The summed E-state index contributed by atoms with van der Waals surface area (Å²) in [5.74, 6) is 0.106. The molecule has 1 aliphatic heterocycles. The third-order valence-corrected chi connectivity index (χ3v) is 2.36. The van der Waals surface area contributed by atoms with Crippen LogP contribution in [-0.2, 0) is 9.59 Å². The smallest absolute Gasteiger partial charge is 0.242 e. The van der Waals surface area contributed by atoms with Crippen molar-refractivity contribution in [3.8, 4) is 0 Å². The lowest BCUT2D eigenvalue weighted by molar-refractivity contribution is -0.133. The van der Waals surface area contributed by atoms with E-state index in [4.69, 9.17) is 0 Å². The lowest BCUT2D eigenvalue weighted by atomic mass is 10.0. The minimum absolute atomic E-state index is 0.0519. The molecule has 1 aliphatic rings. The summed E-state index contributed by atoms with van der Waals surface area (Å²) in [6.45, 7) is 1.92. The highest BCUT2D eigenvalue weighted by Crippen LogP contribution is 2.23. The Hall–Kier alpha value is -1.06. The summed E-state index contributed by atoms with van der Waals surface area (Å²) < 4.78 is 0. The Bertz CT molecular complexity index is 215. The molecule has 1 heterocycles. The highest BCUT2D eigenvalue weighted by Gasteiger charge is 2.38. The molecule has 4 heteroatoms. The van der Waals surface area contributed by atoms with E-state index in [0.29, 0.717) is 6.42 Å². The molecule has 0 bridgehead atoms. The third-order valence-electron chi connectivity index (χ3n) is 2.36. The molecule has 12 heavy (non-hydrogen) atoms. The molecular formula is C8H14N2O2. The van der Waals surface area contributed by atoms with Crippen molar-refractivity contribution in [2.75, 3.05) is 14.1 Å². The van der Waals surface area contributed by atoms with E-state index in [-0.39, 0.29) is 23.8 Å². The number of likely N-dealkylation sites (N-methyl/N-ethyl adjacent to an activating group) is 2.